The van der Waals surface area contributed by atoms with Crippen LogP contribution in [0.25, 0.3) is 0 Å². The molecule has 0 spiro atoms. The Bertz CT molecular complexity index is 1750. The minimum atomic E-state index is -0.798. The monoisotopic (exact) mass is 1150 g/mol. The summed E-state index contributed by atoms with van der Waals surface area (Å²) in [5.74, 6) is -0.913. The van der Waals surface area contributed by atoms with Crippen molar-refractivity contribution in [3.63, 3.8) is 0 Å². The van der Waals surface area contributed by atoms with Crippen molar-refractivity contribution in [2.24, 2.45) is 0 Å². The maximum absolute atomic E-state index is 12.9. The van der Waals surface area contributed by atoms with E-state index in [1.165, 1.54) is 116 Å². The number of ether oxygens (including phenoxy) is 3. The average molecular weight is 1150 g/mol. The summed E-state index contributed by atoms with van der Waals surface area (Å²) in [6, 6.07) is 0. The van der Waals surface area contributed by atoms with E-state index in [9.17, 15) is 14.4 Å². The van der Waals surface area contributed by atoms with Gasteiger partial charge in [0.25, 0.3) is 0 Å². The summed E-state index contributed by atoms with van der Waals surface area (Å²) < 4.78 is 16.9. The van der Waals surface area contributed by atoms with Crippen molar-refractivity contribution in [3.05, 3.63) is 134 Å². The first-order chi connectivity index (χ1) is 41.0. The first-order valence-corrected chi connectivity index (χ1v) is 34.7. The highest BCUT2D eigenvalue weighted by Gasteiger charge is 2.19. The van der Waals surface area contributed by atoms with Gasteiger partial charge in [-0.3, -0.25) is 14.4 Å². The number of rotatable bonds is 62. The van der Waals surface area contributed by atoms with Gasteiger partial charge in [-0.25, -0.2) is 0 Å². The highest BCUT2D eigenvalue weighted by molar-refractivity contribution is 5.71. The molecule has 0 amide bonds. The van der Waals surface area contributed by atoms with Gasteiger partial charge in [-0.15, -0.1) is 0 Å². The number of hydrogen-bond acceptors (Lipinski definition) is 6. The predicted molar refractivity (Wildman–Crippen MR) is 362 cm³/mol. The molecule has 1 atom stereocenters. The number of carbonyl (C=O) groups is 3. The molecule has 0 heterocycles. The maximum atomic E-state index is 12.9. The van der Waals surface area contributed by atoms with Crippen molar-refractivity contribution < 1.29 is 28.6 Å². The quantitative estimate of drug-likeness (QED) is 0.0261. The standard InChI is InChI=1S/C77H128O6/c1-4-7-10-13-16-19-22-25-28-30-32-33-34-35-36-37-38-39-40-41-42-43-45-46-49-52-55-58-61-64-67-70-76(79)82-73-74(72-81-75(78)69-66-63-60-57-54-51-48-27-24-21-18-15-12-9-6-3)83-77(80)71-68-65-62-59-56-53-50-47-44-31-29-26-23-20-17-14-11-8-5-2/h7-12,16-21,25-29,32-33,44,47-48,74H,4-6,13-15,22-24,30-31,34-43,45-46,49-73H2,1-3H3/b10-7-,11-8-,12-9-,19-16-,20-17-,21-18-,28-25-,29-26-,33-32-,47-44-,48-27-. The van der Waals surface area contributed by atoms with E-state index in [0.717, 1.165) is 161 Å². The van der Waals surface area contributed by atoms with Crippen LogP contribution in [-0.4, -0.2) is 37.2 Å². The Balaban J connectivity index is 4.28. The van der Waals surface area contributed by atoms with Crippen molar-refractivity contribution in [3.8, 4) is 0 Å². The number of unbranched alkanes of at least 4 members (excludes halogenated alkanes) is 29. The lowest BCUT2D eigenvalue weighted by Gasteiger charge is -2.18. The summed E-state index contributed by atoms with van der Waals surface area (Å²) in [6.07, 6.45) is 99.1. The third-order valence-electron chi connectivity index (χ3n) is 14.6. The van der Waals surface area contributed by atoms with Crippen LogP contribution in [0.4, 0.5) is 0 Å². The molecule has 472 valence electrons. The summed E-state index contributed by atoms with van der Waals surface area (Å²) in [5, 5.41) is 0. The van der Waals surface area contributed by atoms with E-state index in [4.69, 9.17) is 14.2 Å². The van der Waals surface area contributed by atoms with Gasteiger partial charge < -0.3 is 14.2 Å². The molecule has 0 N–H and O–H groups in total. The molecule has 0 saturated heterocycles. The van der Waals surface area contributed by atoms with Crippen LogP contribution in [0.5, 0.6) is 0 Å². The Kier molecular flexibility index (Phi) is 66.3. The predicted octanol–water partition coefficient (Wildman–Crippen LogP) is 24.1. The number of hydrogen-bond donors (Lipinski definition) is 0. The maximum Gasteiger partial charge on any atom is 0.306 e. The fraction of sp³-hybridized carbons (Fsp3) is 0.675. The SMILES string of the molecule is CC/C=C\C/C=C\C/C=C\C/C=C\CCCCCCCCCCCCCCCCCCCCC(=O)OCC(COC(=O)CCCCCCC/C=C\C/C=C\C/C=C\CC)OC(=O)CCCCCCCC/C=C\C/C=C\C/C=C\C/C=C\CC. The van der Waals surface area contributed by atoms with Crippen molar-refractivity contribution >= 4 is 17.9 Å². The molecular formula is C77H128O6. The smallest absolute Gasteiger partial charge is 0.306 e. The van der Waals surface area contributed by atoms with E-state index in [2.05, 4.69) is 154 Å². The lowest BCUT2D eigenvalue weighted by Crippen LogP contribution is -2.30. The lowest BCUT2D eigenvalue weighted by atomic mass is 10.0. The van der Waals surface area contributed by atoms with Crippen LogP contribution in [-0.2, 0) is 28.6 Å². The van der Waals surface area contributed by atoms with Gasteiger partial charge >= 0.3 is 17.9 Å². The van der Waals surface area contributed by atoms with Gasteiger partial charge in [0.05, 0.1) is 0 Å². The van der Waals surface area contributed by atoms with Crippen LogP contribution < -0.4 is 0 Å². The minimum absolute atomic E-state index is 0.0905. The van der Waals surface area contributed by atoms with E-state index < -0.39 is 6.10 Å². The van der Waals surface area contributed by atoms with Crippen molar-refractivity contribution in [1.29, 1.82) is 0 Å². The van der Waals surface area contributed by atoms with Crippen LogP contribution in [0, 0.1) is 0 Å². The van der Waals surface area contributed by atoms with E-state index in [1.54, 1.807) is 0 Å². The van der Waals surface area contributed by atoms with Crippen LogP contribution in [0.3, 0.4) is 0 Å². The van der Waals surface area contributed by atoms with Gasteiger partial charge in [-0.1, -0.05) is 302 Å². The number of carbonyl (C=O) groups excluding carboxylic acids is 3. The molecule has 0 aromatic rings. The molecule has 6 nitrogen and oxygen atoms in total. The summed E-state index contributed by atoms with van der Waals surface area (Å²) in [6.45, 7) is 6.30. The van der Waals surface area contributed by atoms with Crippen molar-refractivity contribution in [2.45, 2.75) is 322 Å². The Labute approximate surface area is 513 Å². The normalized spacial score (nSPS) is 13.0. The second-order valence-corrected chi connectivity index (χ2v) is 22.6. The third-order valence-corrected chi connectivity index (χ3v) is 14.6. The second-order valence-electron chi connectivity index (χ2n) is 22.6. The van der Waals surface area contributed by atoms with Gasteiger partial charge in [0.2, 0.25) is 0 Å². The fourth-order valence-corrected chi connectivity index (χ4v) is 9.56. The fourth-order valence-electron chi connectivity index (χ4n) is 9.56. The number of esters is 3. The summed E-state index contributed by atoms with van der Waals surface area (Å²) in [5.41, 5.74) is 0. The minimum Gasteiger partial charge on any atom is -0.462 e. The number of allylic oxidation sites excluding steroid dienone is 22. The third kappa shape index (κ3) is 68.2. The summed E-state index contributed by atoms with van der Waals surface area (Å²) in [7, 11) is 0. The lowest BCUT2D eigenvalue weighted by molar-refractivity contribution is -0.167. The summed E-state index contributed by atoms with van der Waals surface area (Å²) >= 11 is 0. The first kappa shape index (κ1) is 78.5. The molecule has 0 bridgehead atoms. The van der Waals surface area contributed by atoms with Crippen LogP contribution in [0.1, 0.15) is 316 Å². The van der Waals surface area contributed by atoms with Crippen molar-refractivity contribution in [2.75, 3.05) is 13.2 Å². The summed E-state index contributed by atoms with van der Waals surface area (Å²) in [4.78, 5) is 38.4. The van der Waals surface area contributed by atoms with E-state index in [1.807, 2.05) is 0 Å². The molecule has 0 aromatic heterocycles. The van der Waals surface area contributed by atoms with E-state index in [0.29, 0.717) is 19.3 Å². The second kappa shape index (κ2) is 70.0. The molecule has 1 unspecified atom stereocenters. The average Bonchev–Trinajstić information content (AvgIpc) is 3.49. The van der Waals surface area contributed by atoms with Crippen LogP contribution in [0.15, 0.2) is 134 Å². The Morgan fingerprint density at radius 1 is 0.241 bits per heavy atom. The Hall–Kier alpha value is -4.45. The molecule has 0 saturated carbocycles. The largest absolute Gasteiger partial charge is 0.462 e. The topological polar surface area (TPSA) is 78.9 Å². The molecule has 0 aromatic carbocycles. The highest BCUT2D eigenvalue weighted by Crippen LogP contribution is 2.17. The molecular weight excluding hydrogens is 1020 g/mol. The molecule has 0 rings (SSSR count). The van der Waals surface area contributed by atoms with Crippen LogP contribution >= 0.6 is 0 Å². The van der Waals surface area contributed by atoms with Gasteiger partial charge in [0.1, 0.15) is 13.2 Å². The van der Waals surface area contributed by atoms with Gasteiger partial charge in [0, 0.05) is 19.3 Å². The molecule has 0 aliphatic heterocycles. The van der Waals surface area contributed by atoms with Gasteiger partial charge in [-0.05, 0) is 128 Å². The Morgan fingerprint density at radius 2 is 0.434 bits per heavy atom. The zero-order valence-corrected chi connectivity index (χ0v) is 54.2. The van der Waals surface area contributed by atoms with Crippen molar-refractivity contribution in [1.82, 2.24) is 0 Å². The first-order valence-electron chi connectivity index (χ1n) is 34.7. The van der Waals surface area contributed by atoms with Gasteiger partial charge in [0.15, 0.2) is 6.10 Å². The van der Waals surface area contributed by atoms with E-state index in [-0.39, 0.29) is 31.1 Å². The molecule has 83 heavy (non-hydrogen) atoms. The van der Waals surface area contributed by atoms with Crippen LogP contribution in [0.2, 0.25) is 0 Å². The molecule has 0 radical (unpaired) electrons. The molecule has 0 aliphatic rings. The highest BCUT2D eigenvalue weighted by atomic mass is 16.6. The Morgan fingerprint density at radius 3 is 0.675 bits per heavy atom. The van der Waals surface area contributed by atoms with Gasteiger partial charge in [-0.2, -0.15) is 0 Å². The zero-order chi connectivity index (χ0) is 59.9. The molecule has 0 fully saturated rings. The van der Waals surface area contributed by atoms with E-state index >= 15 is 0 Å². The molecule has 6 heteroatoms. The zero-order valence-electron chi connectivity index (χ0n) is 54.2. The molecule has 0 aliphatic carbocycles.